The number of hydrogen-bond donors (Lipinski definition) is 1. The number of hydrogen-bond acceptors (Lipinski definition) is 1. The number of unbranched alkanes of at least 4 members (excludes halogenated alkanes) is 1. The Morgan fingerprint density at radius 3 is 2.29 bits per heavy atom. The molecule has 0 aliphatic carbocycles. The van der Waals surface area contributed by atoms with Crippen molar-refractivity contribution in [2.24, 2.45) is 11.3 Å². The third kappa shape index (κ3) is 10.0. The lowest BCUT2D eigenvalue weighted by Gasteiger charge is -2.18. The second-order valence-electron chi connectivity index (χ2n) is 5.75. The molecule has 0 aliphatic rings. The Kier molecular flexibility index (Phi) is 7.26. The van der Waals surface area contributed by atoms with Gasteiger partial charge in [0.1, 0.15) is 0 Å². The molecule has 0 saturated heterocycles. The largest absolute Gasteiger partial charge is 0.316 e. The van der Waals surface area contributed by atoms with E-state index in [0.717, 1.165) is 12.5 Å². The summed E-state index contributed by atoms with van der Waals surface area (Å²) in [5.74, 6) is 0.914. The van der Waals surface area contributed by atoms with Crippen molar-refractivity contribution in [3.05, 3.63) is 0 Å². The van der Waals surface area contributed by atoms with E-state index >= 15 is 0 Å². The standard InChI is InChI=1S/C13H29N/c1-6-12(2)9-7-8-10-14-11-13(3,4)5/h12,14H,6-11H2,1-5H3/t12-/m0/s1. The summed E-state index contributed by atoms with van der Waals surface area (Å²) in [6, 6.07) is 0. The molecule has 0 amide bonds. The van der Waals surface area contributed by atoms with Gasteiger partial charge in [-0.3, -0.25) is 0 Å². The van der Waals surface area contributed by atoms with Gasteiger partial charge in [-0.05, 0) is 30.8 Å². The van der Waals surface area contributed by atoms with E-state index in [2.05, 4.69) is 39.9 Å². The highest BCUT2D eigenvalue weighted by atomic mass is 14.9. The zero-order chi connectivity index (χ0) is 11.0. The summed E-state index contributed by atoms with van der Waals surface area (Å²) in [4.78, 5) is 0. The lowest BCUT2D eigenvalue weighted by molar-refractivity contribution is 0.374. The van der Waals surface area contributed by atoms with Gasteiger partial charge in [0.05, 0.1) is 0 Å². The fraction of sp³-hybridized carbons (Fsp3) is 1.00. The van der Waals surface area contributed by atoms with Crippen molar-refractivity contribution < 1.29 is 0 Å². The van der Waals surface area contributed by atoms with Crippen molar-refractivity contribution >= 4 is 0 Å². The molecule has 0 aromatic heterocycles. The van der Waals surface area contributed by atoms with E-state index in [4.69, 9.17) is 0 Å². The lowest BCUT2D eigenvalue weighted by Crippen LogP contribution is -2.27. The summed E-state index contributed by atoms with van der Waals surface area (Å²) in [6.45, 7) is 13.8. The molecule has 1 N–H and O–H groups in total. The van der Waals surface area contributed by atoms with Crippen molar-refractivity contribution in [3.8, 4) is 0 Å². The van der Waals surface area contributed by atoms with Crippen LogP contribution in [0.3, 0.4) is 0 Å². The fourth-order valence-electron chi connectivity index (χ4n) is 1.41. The predicted octanol–water partition coefficient (Wildman–Crippen LogP) is 3.84. The van der Waals surface area contributed by atoms with Gasteiger partial charge in [0.2, 0.25) is 0 Å². The second kappa shape index (κ2) is 7.28. The highest BCUT2D eigenvalue weighted by Crippen LogP contribution is 2.12. The van der Waals surface area contributed by atoms with Crippen molar-refractivity contribution in [2.45, 2.75) is 60.3 Å². The molecule has 0 spiro atoms. The van der Waals surface area contributed by atoms with E-state index in [0.29, 0.717) is 5.41 Å². The van der Waals surface area contributed by atoms with E-state index in [1.807, 2.05) is 0 Å². The second-order valence-corrected chi connectivity index (χ2v) is 5.75. The molecule has 0 fully saturated rings. The molecular weight excluding hydrogens is 170 g/mol. The van der Waals surface area contributed by atoms with Crippen LogP contribution in [0.15, 0.2) is 0 Å². The smallest absolute Gasteiger partial charge is 0.0000126 e. The minimum absolute atomic E-state index is 0.427. The molecule has 0 saturated carbocycles. The molecule has 0 radical (unpaired) electrons. The Labute approximate surface area is 90.7 Å². The van der Waals surface area contributed by atoms with Crippen LogP contribution in [0.5, 0.6) is 0 Å². The van der Waals surface area contributed by atoms with Crippen LogP contribution in [-0.4, -0.2) is 13.1 Å². The minimum Gasteiger partial charge on any atom is -0.316 e. The van der Waals surface area contributed by atoms with E-state index < -0.39 is 0 Å². The third-order valence-electron chi connectivity index (χ3n) is 2.65. The maximum Gasteiger partial charge on any atom is -0.0000126 e. The van der Waals surface area contributed by atoms with E-state index in [1.165, 1.54) is 32.2 Å². The molecule has 1 atom stereocenters. The van der Waals surface area contributed by atoms with Gasteiger partial charge in [0.15, 0.2) is 0 Å². The average molecular weight is 199 g/mol. The Morgan fingerprint density at radius 1 is 1.14 bits per heavy atom. The summed E-state index contributed by atoms with van der Waals surface area (Å²) in [7, 11) is 0. The van der Waals surface area contributed by atoms with Crippen molar-refractivity contribution in [2.75, 3.05) is 13.1 Å². The van der Waals surface area contributed by atoms with E-state index in [9.17, 15) is 0 Å². The Hall–Kier alpha value is -0.0400. The molecule has 86 valence electrons. The van der Waals surface area contributed by atoms with Crippen LogP contribution in [-0.2, 0) is 0 Å². The lowest BCUT2D eigenvalue weighted by atomic mass is 9.97. The molecule has 0 aromatic rings. The normalized spacial score (nSPS) is 14.4. The maximum atomic E-state index is 3.52. The monoisotopic (exact) mass is 199 g/mol. The van der Waals surface area contributed by atoms with E-state index in [-0.39, 0.29) is 0 Å². The van der Waals surface area contributed by atoms with Crippen molar-refractivity contribution in [1.82, 2.24) is 5.32 Å². The Morgan fingerprint density at radius 2 is 1.79 bits per heavy atom. The first-order valence-electron chi connectivity index (χ1n) is 6.16. The maximum absolute atomic E-state index is 3.52. The van der Waals surface area contributed by atoms with Gasteiger partial charge in [-0.1, -0.05) is 53.9 Å². The van der Waals surface area contributed by atoms with Crippen LogP contribution in [0.2, 0.25) is 0 Å². The summed E-state index contributed by atoms with van der Waals surface area (Å²) in [5.41, 5.74) is 0.427. The number of nitrogens with one attached hydrogen (secondary N) is 1. The zero-order valence-corrected chi connectivity index (χ0v) is 10.8. The Balaban J connectivity index is 3.14. The summed E-state index contributed by atoms with van der Waals surface area (Å²) >= 11 is 0. The molecule has 0 rings (SSSR count). The molecule has 0 aromatic carbocycles. The third-order valence-corrected chi connectivity index (χ3v) is 2.65. The van der Waals surface area contributed by atoms with Crippen LogP contribution in [0.25, 0.3) is 0 Å². The summed E-state index contributed by atoms with van der Waals surface area (Å²) in [5, 5.41) is 3.52. The first-order chi connectivity index (χ1) is 6.45. The molecule has 0 heterocycles. The SMILES string of the molecule is CC[C@H](C)CCCCNCC(C)(C)C. The Bertz CT molecular complexity index is 124. The van der Waals surface area contributed by atoms with Crippen LogP contribution in [0.4, 0.5) is 0 Å². The topological polar surface area (TPSA) is 12.0 Å². The molecule has 0 unspecified atom stereocenters. The highest BCUT2D eigenvalue weighted by molar-refractivity contribution is 4.64. The van der Waals surface area contributed by atoms with Crippen LogP contribution < -0.4 is 5.32 Å². The fourth-order valence-corrected chi connectivity index (χ4v) is 1.41. The molecule has 1 heteroatoms. The first kappa shape index (κ1) is 14.0. The highest BCUT2D eigenvalue weighted by Gasteiger charge is 2.08. The summed E-state index contributed by atoms with van der Waals surface area (Å²) in [6.07, 6.45) is 5.44. The molecule has 1 nitrogen and oxygen atoms in total. The zero-order valence-electron chi connectivity index (χ0n) is 10.8. The quantitative estimate of drug-likeness (QED) is 0.614. The van der Waals surface area contributed by atoms with Crippen molar-refractivity contribution in [1.29, 1.82) is 0 Å². The van der Waals surface area contributed by atoms with Gasteiger partial charge in [-0.15, -0.1) is 0 Å². The van der Waals surface area contributed by atoms with Crippen LogP contribution >= 0.6 is 0 Å². The molecule has 0 bridgehead atoms. The first-order valence-corrected chi connectivity index (χ1v) is 6.16. The minimum atomic E-state index is 0.427. The van der Waals surface area contributed by atoms with Gasteiger partial charge >= 0.3 is 0 Å². The van der Waals surface area contributed by atoms with Gasteiger partial charge < -0.3 is 5.32 Å². The number of rotatable bonds is 7. The molecule has 0 aliphatic heterocycles. The van der Waals surface area contributed by atoms with Crippen molar-refractivity contribution in [3.63, 3.8) is 0 Å². The van der Waals surface area contributed by atoms with Gasteiger partial charge in [0.25, 0.3) is 0 Å². The molecular formula is C13H29N. The van der Waals surface area contributed by atoms with Crippen LogP contribution in [0, 0.1) is 11.3 Å². The van der Waals surface area contributed by atoms with E-state index in [1.54, 1.807) is 0 Å². The average Bonchev–Trinajstić information content (AvgIpc) is 2.08. The predicted molar refractivity (Wildman–Crippen MR) is 65.6 cm³/mol. The van der Waals surface area contributed by atoms with Crippen LogP contribution in [0.1, 0.15) is 60.3 Å². The van der Waals surface area contributed by atoms with Gasteiger partial charge in [-0.25, -0.2) is 0 Å². The van der Waals surface area contributed by atoms with Gasteiger partial charge in [-0.2, -0.15) is 0 Å². The summed E-state index contributed by atoms with van der Waals surface area (Å²) < 4.78 is 0. The van der Waals surface area contributed by atoms with Gasteiger partial charge in [0, 0.05) is 0 Å². The molecule has 14 heavy (non-hydrogen) atoms.